The van der Waals surface area contributed by atoms with Crippen LogP contribution in [-0.4, -0.2) is 73.1 Å². The van der Waals surface area contributed by atoms with Crippen molar-refractivity contribution in [3.05, 3.63) is 0 Å². The third-order valence-electron chi connectivity index (χ3n) is 4.53. The average molecular weight is 281 g/mol. The van der Waals surface area contributed by atoms with Gasteiger partial charge in [0.2, 0.25) is 11.8 Å². The minimum atomic E-state index is -0.395. The molecule has 0 aromatic heterocycles. The second-order valence-corrected chi connectivity index (χ2v) is 6.25. The van der Waals surface area contributed by atoms with E-state index in [-0.39, 0.29) is 24.0 Å². The predicted octanol–water partition coefficient (Wildman–Crippen LogP) is -0.557. The molecule has 0 spiro atoms. The Morgan fingerprint density at radius 1 is 1.35 bits per heavy atom. The Morgan fingerprint density at radius 2 is 2.10 bits per heavy atom. The summed E-state index contributed by atoms with van der Waals surface area (Å²) in [5.74, 6) is 0.374. The summed E-state index contributed by atoms with van der Waals surface area (Å²) in [4.78, 5) is 28.5. The number of hydrogen-bond acceptors (Lipinski definition) is 4. The summed E-state index contributed by atoms with van der Waals surface area (Å²) in [6.45, 7) is 4.73. The molecule has 3 fully saturated rings. The molecule has 2 heterocycles. The number of nitrogens with zero attached hydrogens (tertiary/aromatic N) is 2. The Hall–Kier alpha value is -1.14. The van der Waals surface area contributed by atoms with Gasteiger partial charge >= 0.3 is 0 Å². The van der Waals surface area contributed by atoms with E-state index in [9.17, 15) is 9.59 Å². The Balaban J connectivity index is 1.68. The van der Waals surface area contributed by atoms with Crippen LogP contribution in [0.4, 0.5) is 0 Å². The van der Waals surface area contributed by atoms with Gasteiger partial charge in [-0.1, -0.05) is 0 Å². The predicted molar refractivity (Wildman–Crippen MR) is 73.1 cm³/mol. The second-order valence-electron chi connectivity index (χ2n) is 6.25. The van der Waals surface area contributed by atoms with Gasteiger partial charge in [0.05, 0.1) is 12.7 Å². The van der Waals surface area contributed by atoms with Crippen molar-refractivity contribution >= 4 is 11.8 Å². The lowest BCUT2D eigenvalue weighted by Gasteiger charge is -2.40. The van der Waals surface area contributed by atoms with Crippen molar-refractivity contribution < 1.29 is 14.3 Å². The molecule has 3 aliphatic rings. The van der Waals surface area contributed by atoms with Crippen molar-refractivity contribution in [1.82, 2.24) is 15.1 Å². The van der Waals surface area contributed by atoms with Gasteiger partial charge in [0, 0.05) is 19.6 Å². The summed E-state index contributed by atoms with van der Waals surface area (Å²) in [5, 5.41) is 2.87. The van der Waals surface area contributed by atoms with Crippen LogP contribution >= 0.6 is 0 Å². The fraction of sp³-hybridized carbons (Fsp3) is 0.857. The lowest BCUT2D eigenvalue weighted by molar-refractivity contribution is -0.152. The maximum Gasteiger partial charge on any atom is 0.246 e. The first-order chi connectivity index (χ1) is 9.56. The largest absolute Gasteiger partial charge is 0.374 e. The lowest BCUT2D eigenvalue weighted by Crippen LogP contribution is -2.65. The Bertz CT molecular complexity index is 410. The van der Waals surface area contributed by atoms with E-state index >= 15 is 0 Å². The van der Waals surface area contributed by atoms with Gasteiger partial charge in [-0.25, -0.2) is 0 Å². The van der Waals surface area contributed by atoms with Crippen LogP contribution < -0.4 is 5.32 Å². The van der Waals surface area contributed by atoms with Gasteiger partial charge in [0.1, 0.15) is 12.1 Å². The van der Waals surface area contributed by atoms with Crippen molar-refractivity contribution in [3.8, 4) is 0 Å². The number of carbonyl (C=O) groups is 2. The van der Waals surface area contributed by atoms with E-state index < -0.39 is 6.04 Å². The van der Waals surface area contributed by atoms with Gasteiger partial charge < -0.3 is 19.9 Å². The molecule has 20 heavy (non-hydrogen) atoms. The number of piperazine rings is 1. The molecule has 0 aromatic rings. The van der Waals surface area contributed by atoms with Gasteiger partial charge in [-0.05, 0) is 32.7 Å². The van der Waals surface area contributed by atoms with Crippen LogP contribution in [0.1, 0.15) is 19.8 Å². The number of nitrogens with one attached hydrogen (secondary N) is 1. The molecule has 0 aromatic carbocycles. The quantitative estimate of drug-likeness (QED) is 0.753. The first-order valence-corrected chi connectivity index (χ1v) is 7.47. The number of amides is 2. The molecule has 2 saturated heterocycles. The lowest BCUT2D eigenvalue weighted by atomic mass is 10.0. The normalized spacial score (nSPS) is 36.1. The van der Waals surface area contributed by atoms with Gasteiger partial charge in [-0.2, -0.15) is 0 Å². The van der Waals surface area contributed by atoms with Crippen LogP contribution in [0.15, 0.2) is 0 Å². The molecule has 6 nitrogen and oxygen atoms in total. The molecule has 112 valence electrons. The maximum absolute atomic E-state index is 12.6. The molecule has 3 rings (SSSR count). The van der Waals surface area contributed by atoms with Crippen LogP contribution in [0.25, 0.3) is 0 Å². The Kier molecular flexibility index (Phi) is 3.69. The zero-order chi connectivity index (χ0) is 14.3. The Labute approximate surface area is 119 Å². The Morgan fingerprint density at radius 3 is 2.75 bits per heavy atom. The van der Waals surface area contributed by atoms with Crippen LogP contribution in [0.3, 0.4) is 0 Å². The number of carbonyl (C=O) groups excluding carboxylic acids is 2. The van der Waals surface area contributed by atoms with Crippen molar-refractivity contribution in [2.24, 2.45) is 5.92 Å². The maximum atomic E-state index is 12.6. The fourth-order valence-electron chi connectivity index (χ4n) is 3.04. The van der Waals surface area contributed by atoms with Gasteiger partial charge in [-0.15, -0.1) is 0 Å². The van der Waals surface area contributed by atoms with E-state index in [2.05, 4.69) is 17.3 Å². The summed E-state index contributed by atoms with van der Waals surface area (Å²) in [6.07, 6.45) is 2.09. The molecule has 1 aliphatic carbocycles. The fourth-order valence-corrected chi connectivity index (χ4v) is 3.04. The standard InChI is InChI=1S/C14H23N3O3/c1-9-13(18)15-12(10-3-4-10)14(19)17(9)8-11-7-16(2)5-6-20-11/h9-12H,3-8H2,1-2H3,(H,15,18). The summed E-state index contributed by atoms with van der Waals surface area (Å²) in [6, 6.07) is -0.701. The first-order valence-electron chi connectivity index (χ1n) is 7.47. The summed E-state index contributed by atoms with van der Waals surface area (Å²) in [5.41, 5.74) is 0. The number of ether oxygens (including phenoxy) is 1. The molecule has 3 atom stereocenters. The average Bonchev–Trinajstić information content (AvgIpc) is 3.23. The number of rotatable bonds is 3. The van der Waals surface area contributed by atoms with Crippen LogP contribution in [-0.2, 0) is 14.3 Å². The molecular formula is C14H23N3O3. The monoisotopic (exact) mass is 281 g/mol. The number of likely N-dealkylation sites (N-methyl/N-ethyl adjacent to an activating group) is 1. The smallest absolute Gasteiger partial charge is 0.246 e. The molecule has 1 saturated carbocycles. The van der Waals surface area contributed by atoms with E-state index in [1.165, 1.54) is 0 Å². The summed E-state index contributed by atoms with van der Waals surface area (Å²) < 4.78 is 5.73. The molecule has 2 amide bonds. The van der Waals surface area contributed by atoms with E-state index in [4.69, 9.17) is 4.74 Å². The van der Waals surface area contributed by atoms with Gasteiger partial charge in [0.25, 0.3) is 0 Å². The molecule has 3 unspecified atom stereocenters. The van der Waals surface area contributed by atoms with Crippen LogP contribution in [0.5, 0.6) is 0 Å². The zero-order valence-corrected chi connectivity index (χ0v) is 12.2. The molecule has 0 radical (unpaired) electrons. The molecule has 0 bridgehead atoms. The van der Waals surface area contributed by atoms with Crippen molar-refractivity contribution in [2.75, 3.05) is 33.3 Å². The number of morpholine rings is 1. The second kappa shape index (κ2) is 5.33. The highest BCUT2D eigenvalue weighted by Gasteiger charge is 2.46. The highest BCUT2D eigenvalue weighted by Crippen LogP contribution is 2.35. The minimum Gasteiger partial charge on any atom is -0.374 e. The van der Waals surface area contributed by atoms with Crippen molar-refractivity contribution in [2.45, 2.75) is 38.0 Å². The zero-order valence-electron chi connectivity index (χ0n) is 12.2. The van der Waals surface area contributed by atoms with Crippen molar-refractivity contribution in [3.63, 3.8) is 0 Å². The summed E-state index contributed by atoms with van der Waals surface area (Å²) >= 11 is 0. The molecule has 6 heteroatoms. The topological polar surface area (TPSA) is 61.9 Å². The minimum absolute atomic E-state index is 0.00547. The molecule has 2 aliphatic heterocycles. The van der Waals surface area contributed by atoms with E-state index in [0.29, 0.717) is 19.1 Å². The highest BCUT2D eigenvalue weighted by molar-refractivity contribution is 5.97. The third kappa shape index (κ3) is 2.67. The van der Waals surface area contributed by atoms with Gasteiger partial charge in [0.15, 0.2) is 0 Å². The van der Waals surface area contributed by atoms with Crippen LogP contribution in [0.2, 0.25) is 0 Å². The first kappa shape index (κ1) is 13.8. The highest BCUT2D eigenvalue weighted by atomic mass is 16.5. The van der Waals surface area contributed by atoms with Crippen LogP contribution in [0, 0.1) is 5.92 Å². The van der Waals surface area contributed by atoms with E-state index in [0.717, 1.165) is 25.9 Å². The van der Waals surface area contributed by atoms with E-state index in [1.54, 1.807) is 11.8 Å². The number of hydrogen-bond donors (Lipinski definition) is 1. The third-order valence-corrected chi connectivity index (χ3v) is 4.53. The van der Waals surface area contributed by atoms with Crippen molar-refractivity contribution in [1.29, 1.82) is 0 Å². The van der Waals surface area contributed by atoms with Gasteiger partial charge in [-0.3, -0.25) is 9.59 Å². The molecular weight excluding hydrogens is 258 g/mol. The van der Waals surface area contributed by atoms with E-state index in [1.807, 2.05) is 0 Å². The SMILES string of the molecule is CC1C(=O)NC(C2CC2)C(=O)N1CC1CN(C)CCO1. The molecule has 1 N–H and O–H groups in total. The summed E-state index contributed by atoms with van der Waals surface area (Å²) in [7, 11) is 2.05.